The number of fused-ring (bicyclic) bond motifs is 2. The maximum absolute atomic E-state index is 13.2. The molecule has 2 aromatic carbocycles. The van der Waals surface area contributed by atoms with Gasteiger partial charge in [-0.25, -0.2) is 4.79 Å². The Morgan fingerprint density at radius 3 is 1.16 bits per heavy atom. The molecule has 0 amide bonds. The number of rotatable bonds is 5. The predicted octanol–water partition coefficient (Wildman–Crippen LogP) is 2.76. The van der Waals surface area contributed by atoms with E-state index < -0.39 is 37.7 Å². The SMILES string of the molecule is O=C(Oc1c2cc([N+](=O)[O-])cc1COCCOCCOCCOCCOCCOCCOC2)c1cc([N+](=O)[O-])cc([N+](=O)[O-])c1. The van der Waals surface area contributed by atoms with E-state index in [4.69, 9.17) is 37.9 Å². The van der Waals surface area contributed by atoms with Crippen molar-refractivity contribution in [2.75, 3.05) is 79.3 Å². The number of nitro benzene ring substituents is 3. The second-order valence-electron chi connectivity index (χ2n) is 9.16. The second kappa shape index (κ2) is 19.3. The van der Waals surface area contributed by atoms with Crippen LogP contribution in [0.4, 0.5) is 17.1 Å². The topological polar surface area (TPSA) is 220 Å². The number of hydrogen-bond acceptors (Lipinski definition) is 15. The molecule has 3 rings (SSSR count). The molecule has 0 N–H and O–H groups in total. The summed E-state index contributed by atoms with van der Waals surface area (Å²) in [4.78, 5) is 45.1. The van der Waals surface area contributed by atoms with Gasteiger partial charge in [0, 0.05) is 35.4 Å². The molecule has 0 aromatic heterocycles. The number of carbonyl (C=O) groups excluding carboxylic acids is 1. The smallest absolute Gasteiger partial charge is 0.344 e. The van der Waals surface area contributed by atoms with E-state index in [1.54, 1.807) is 0 Å². The minimum absolute atomic E-state index is 0.0689. The van der Waals surface area contributed by atoms with E-state index in [1.165, 1.54) is 0 Å². The third-order valence-electron chi connectivity index (χ3n) is 5.94. The van der Waals surface area contributed by atoms with E-state index >= 15 is 0 Å². The highest BCUT2D eigenvalue weighted by Crippen LogP contribution is 2.32. The maximum atomic E-state index is 13.2. The second-order valence-corrected chi connectivity index (χ2v) is 9.16. The molecule has 0 aliphatic carbocycles. The molecule has 1 aliphatic heterocycles. The van der Waals surface area contributed by atoms with Crippen LogP contribution in [0.1, 0.15) is 21.5 Å². The van der Waals surface area contributed by atoms with Crippen LogP contribution in [0.5, 0.6) is 5.75 Å². The molecule has 0 spiro atoms. The van der Waals surface area contributed by atoms with E-state index in [0.717, 1.165) is 24.3 Å². The largest absolute Gasteiger partial charge is 0.422 e. The van der Waals surface area contributed by atoms with Crippen LogP contribution in [0.2, 0.25) is 0 Å². The third kappa shape index (κ3) is 12.4. The normalized spacial score (nSPS) is 17.0. The highest BCUT2D eigenvalue weighted by atomic mass is 16.6. The Hall–Kier alpha value is -4.17. The highest BCUT2D eigenvalue weighted by Gasteiger charge is 2.25. The van der Waals surface area contributed by atoms with Gasteiger partial charge in [0.2, 0.25) is 0 Å². The molecule has 0 atom stereocenters. The molecule has 1 heterocycles. The molecule has 1 aliphatic rings. The van der Waals surface area contributed by atoms with Crippen molar-refractivity contribution >= 4 is 23.0 Å². The standard InChI is InChI=1S/C27H33N3O15/c31-27(20-13-24(29(34)35)17-25(14-20)30(36)37)45-26-21-15-23(28(32)33)16-22(26)19-44-12-10-42-8-6-40-4-2-38-1-3-39-5-7-41-9-11-43-18-21/h13-17H,1-12,18-19H2. The lowest BCUT2D eigenvalue weighted by atomic mass is 10.1. The average Bonchev–Trinajstić information content (AvgIpc) is 3.01. The first-order valence-corrected chi connectivity index (χ1v) is 13.8. The molecule has 0 saturated heterocycles. The zero-order valence-electron chi connectivity index (χ0n) is 24.3. The van der Waals surface area contributed by atoms with Crippen LogP contribution < -0.4 is 4.74 Å². The number of benzene rings is 2. The van der Waals surface area contributed by atoms with E-state index in [1.807, 2.05) is 0 Å². The van der Waals surface area contributed by atoms with Gasteiger partial charge in [-0.1, -0.05) is 0 Å². The number of hydrogen-bond donors (Lipinski definition) is 0. The van der Waals surface area contributed by atoms with Crippen LogP contribution in [-0.2, 0) is 46.4 Å². The summed E-state index contributed by atoms with van der Waals surface area (Å²) in [6, 6.07) is 4.64. The minimum Gasteiger partial charge on any atom is -0.422 e. The first-order chi connectivity index (χ1) is 21.8. The van der Waals surface area contributed by atoms with Gasteiger partial charge in [-0.2, -0.15) is 0 Å². The summed E-state index contributed by atoms with van der Waals surface area (Å²) in [5, 5.41) is 34.3. The van der Waals surface area contributed by atoms with E-state index in [0.29, 0.717) is 45.7 Å². The van der Waals surface area contributed by atoms with Gasteiger partial charge in [0.1, 0.15) is 5.75 Å². The van der Waals surface area contributed by atoms with Crippen molar-refractivity contribution < 1.29 is 57.5 Å². The number of nitro groups is 3. The summed E-state index contributed by atoms with van der Waals surface area (Å²) in [6.45, 7) is 2.70. The van der Waals surface area contributed by atoms with Gasteiger partial charge in [0.15, 0.2) is 0 Å². The summed E-state index contributed by atoms with van der Waals surface area (Å²) in [5.41, 5.74) is -2.05. The molecular weight excluding hydrogens is 606 g/mol. The molecule has 18 heteroatoms. The average molecular weight is 640 g/mol. The Labute approximate surface area is 256 Å². The van der Waals surface area contributed by atoms with Gasteiger partial charge in [-0.15, -0.1) is 0 Å². The van der Waals surface area contributed by atoms with Crippen LogP contribution in [-0.4, -0.2) is 100 Å². The lowest BCUT2D eigenvalue weighted by Crippen LogP contribution is -2.16. The quantitative estimate of drug-likeness (QED) is 0.199. The number of carbonyl (C=O) groups is 1. The number of ether oxygens (including phenoxy) is 8. The van der Waals surface area contributed by atoms with Crippen molar-refractivity contribution in [3.8, 4) is 5.75 Å². The van der Waals surface area contributed by atoms with Crippen LogP contribution in [0.25, 0.3) is 0 Å². The zero-order valence-corrected chi connectivity index (χ0v) is 24.3. The molecule has 246 valence electrons. The van der Waals surface area contributed by atoms with Crippen molar-refractivity contribution in [2.24, 2.45) is 0 Å². The Morgan fingerprint density at radius 1 is 0.511 bits per heavy atom. The summed E-state index contributed by atoms with van der Waals surface area (Å²) in [7, 11) is 0. The van der Waals surface area contributed by atoms with Crippen molar-refractivity contribution in [1.82, 2.24) is 0 Å². The van der Waals surface area contributed by atoms with Gasteiger partial charge in [-0.05, 0) is 0 Å². The van der Waals surface area contributed by atoms with Gasteiger partial charge >= 0.3 is 5.97 Å². The van der Waals surface area contributed by atoms with E-state index in [9.17, 15) is 35.1 Å². The van der Waals surface area contributed by atoms with Crippen molar-refractivity contribution in [3.63, 3.8) is 0 Å². The molecule has 2 aromatic rings. The lowest BCUT2D eigenvalue weighted by molar-refractivity contribution is -0.394. The fraction of sp³-hybridized carbons (Fsp3) is 0.519. The molecular formula is C27H33N3O15. The molecule has 0 radical (unpaired) electrons. The molecule has 0 unspecified atom stereocenters. The Morgan fingerprint density at radius 2 is 0.822 bits per heavy atom. The third-order valence-corrected chi connectivity index (χ3v) is 5.94. The van der Waals surface area contributed by atoms with E-state index in [2.05, 4.69) is 0 Å². The van der Waals surface area contributed by atoms with Crippen molar-refractivity contribution in [1.29, 1.82) is 0 Å². The Bertz CT molecular complexity index is 1230. The van der Waals surface area contributed by atoms with Gasteiger partial charge in [0.05, 0.1) is 119 Å². The van der Waals surface area contributed by atoms with Crippen molar-refractivity contribution in [3.05, 3.63) is 77.4 Å². The lowest BCUT2D eigenvalue weighted by Gasteiger charge is -2.16. The van der Waals surface area contributed by atoms with Crippen LogP contribution in [0.15, 0.2) is 30.3 Å². The highest BCUT2D eigenvalue weighted by molar-refractivity contribution is 5.93. The van der Waals surface area contributed by atoms with Gasteiger partial charge in [-0.3, -0.25) is 30.3 Å². The Balaban J connectivity index is 1.84. The minimum atomic E-state index is -1.18. The number of non-ortho nitro benzene ring substituents is 3. The summed E-state index contributed by atoms with van der Waals surface area (Å²) in [5.74, 6) is -1.34. The summed E-state index contributed by atoms with van der Waals surface area (Å²) >= 11 is 0. The molecule has 45 heavy (non-hydrogen) atoms. The molecule has 0 fully saturated rings. The Kier molecular flexibility index (Phi) is 15.1. The van der Waals surface area contributed by atoms with Crippen molar-refractivity contribution in [2.45, 2.75) is 13.2 Å². The fourth-order valence-corrected chi connectivity index (χ4v) is 3.84. The number of nitrogens with zero attached hydrogens (tertiary/aromatic N) is 3. The molecule has 2 bridgehead atoms. The summed E-state index contributed by atoms with van der Waals surface area (Å²) < 4.78 is 44.0. The molecule has 18 nitrogen and oxygen atoms in total. The van der Waals surface area contributed by atoms with Gasteiger partial charge in [0.25, 0.3) is 17.1 Å². The monoisotopic (exact) mass is 639 g/mol. The maximum Gasteiger partial charge on any atom is 0.344 e. The van der Waals surface area contributed by atoms with Crippen LogP contribution in [0.3, 0.4) is 0 Å². The first kappa shape index (κ1) is 35.3. The predicted molar refractivity (Wildman–Crippen MR) is 151 cm³/mol. The van der Waals surface area contributed by atoms with Crippen LogP contribution >= 0.6 is 0 Å². The van der Waals surface area contributed by atoms with E-state index in [-0.39, 0.29) is 75.4 Å². The summed E-state index contributed by atoms with van der Waals surface area (Å²) in [6.07, 6.45) is 0. The fourth-order valence-electron chi connectivity index (χ4n) is 3.84. The number of esters is 1. The zero-order chi connectivity index (χ0) is 32.4. The van der Waals surface area contributed by atoms with Crippen LogP contribution in [0, 0.1) is 30.3 Å². The molecule has 0 saturated carbocycles. The van der Waals surface area contributed by atoms with Gasteiger partial charge < -0.3 is 37.9 Å². The first-order valence-electron chi connectivity index (χ1n) is 13.8.